The highest BCUT2D eigenvalue weighted by Crippen LogP contribution is 2.18. The molecule has 0 aliphatic carbocycles. The number of ether oxygens (including phenoxy) is 3. The van der Waals surface area contributed by atoms with Crippen LogP contribution >= 0.6 is 0 Å². The highest BCUT2D eigenvalue weighted by Gasteiger charge is 2.16. The lowest BCUT2D eigenvalue weighted by molar-refractivity contribution is -0.384. The summed E-state index contributed by atoms with van der Waals surface area (Å²) in [5.74, 6) is 0.490. The fourth-order valence-corrected chi connectivity index (χ4v) is 3.97. The SMILES string of the molecule is C=CS(=O)(=O)c1ccc(OCCOCCOCCOS(=O)(=O)c2ccc([N+](=O)[O-])cc2)cc1. The summed E-state index contributed by atoms with van der Waals surface area (Å²) < 4.78 is 68.1. The molecule has 33 heavy (non-hydrogen) atoms. The number of nitro groups is 1. The molecule has 2 aromatic carbocycles. The van der Waals surface area contributed by atoms with Crippen LogP contribution in [-0.2, 0) is 33.6 Å². The second-order valence-electron chi connectivity index (χ2n) is 6.28. The number of non-ortho nitro benzene ring substituents is 1. The molecule has 2 rings (SSSR count). The first kappa shape index (κ1) is 26.4. The van der Waals surface area contributed by atoms with E-state index in [1.165, 1.54) is 24.3 Å². The lowest BCUT2D eigenvalue weighted by Crippen LogP contribution is -2.14. The van der Waals surface area contributed by atoms with Crippen LogP contribution in [0.25, 0.3) is 0 Å². The Balaban J connectivity index is 1.55. The van der Waals surface area contributed by atoms with E-state index in [-0.39, 0.29) is 55.1 Å². The maximum absolute atomic E-state index is 12.0. The molecule has 0 atom stereocenters. The zero-order valence-corrected chi connectivity index (χ0v) is 19.1. The van der Waals surface area contributed by atoms with Crippen molar-refractivity contribution in [1.29, 1.82) is 0 Å². The van der Waals surface area contributed by atoms with E-state index in [2.05, 4.69) is 6.58 Å². The number of benzene rings is 2. The van der Waals surface area contributed by atoms with Crippen LogP contribution < -0.4 is 4.74 Å². The molecule has 0 N–H and O–H groups in total. The predicted octanol–water partition coefficient (Wildman–Crippen LogP) is 2.33. The maximum Gasteiger partial charge on any atom is 0.297 e. The minimum Gasteiger partial charge on any atom is -0.491 e. The lowest BCUT2D eigenvalue weighted by atomic mass is 10.3. The van der Waals surface area contributed by atoms with Crippen LogP contribution in [0.4, 0.5) is 5.69 Å². The van der Waals surface area contributed by atoms with Crippen LogP contribution in [0.1, 0.15) is 0 Å². The number of nitrogens with zero attached hydrogens (tertiary/aromatic N) is 1. The lowest BCUT2D eigenvalue weighted by Gasteiger charge is -2.09. The van der Waals surface area contributed by atoms with Gasteiger partial charge in [0.1, 0.15) is 12.4 Å². The molecule has 180 valence electrons. The fourth-order valence-electron chi connectivity index (χ4n) is 2.37. The standard InChI is InChI=1S/C20H23NO10S2/c1-2-32(24,25)19-9-5-18(6-10-19)30-15-13-28-11-12-29-14-16-31-33(26,27)20-7-3-17(4-8-20)21(22)23/h2-10H,1,11-16H2. The van der Waals surface area contributed by atoms with Gasteiger partial charge in [0.2, 0.25) is 0 Å². The average molecular weight is 502 g/mol. The van der Waals surface area contributed by atoms with Crippen LogP contribution in [0.5, 0.6) is 5.75 Å². The molecule has 13 heteroatoms. The summed E-state index contributed by atoms with van der Waals surface area (Å²) in [6, 6.07) is 10.3. The summed E-state index contributed by atoms with van der Waals surface area (Å²) in [6.45, 7) is 4.00. The van der Waals surface area contributed by atoms with Crippen LogP contribution in [0.3, 0.4) is 0 Å². The highest BCUT2D eigenvalue weighted by atomic mass is 32.2. The first-order valence-corrected chi connectivity index (χ1v) is 12.5. The Hall–Kier alpha value is -2.84. The number of hydrogen-bond acceptors (Lipinski definition) is 10. The van der Waals surface area contributed by atoms with E-state index in [1.54, 1.807) is 0 Å². The van der Waals surface area contributed by atoms with E-state index in [0.29, 0.717) is 5.75 Å². The van der Waals surface area contributed by atoms with Crippen LogP contribution in [0.15, 0.2) is 70.3 Å². The molecule has 0 aromatic heterocycles. The second kappa shape index (κ2) is 12.4. The number of sulfone groups is 1. The minimum atomic E-state index is -4.04. The van der Waals surface area contributed by atoms with Gasteiger partial charge in [-0.15, -0.1) is 0 Å². The summed E-state index contributed by atoms with van der Waals surface area (Å²) >= 11 is 0. The molecule has 0 spiro atoms. The molecule has 0 fully saturated rings. The zero-order chi connectivity index (χ0) is 24.3. The van der Waals surface area contributed by atoms with Crippen molar-refractivity contribution >= 4 is 25.6 Å². The second-order valence-corrected chi connectivity index (χ2v) is 9.79. The Kier molecular flexibility index (Phi) is 9.94. The number of hydrogen-bond donors (Lipinski definition) is 0. The number of nitro benzene ring substituents is 1. The third-order valence-corrected chi connectivity index (χ3v) is 6.74. The molecule has 2 aromatic rings. The van der Waals surface area contributed by atoms with E-state index in [0.717, 1.165) is 29.7 Å². The van der Waals surface area contributed by atoms with E-state index < -0.39 is 24.9 Å². The Bertz CT molecular complexity index is 1130. The van der Waals surface area contributed by atoms with E-state index in [1.807, 2.05) is 0 Å². The van der Waals surface area contributed by atoms with Gasteiger partial charge in [0.05, 0.1) is 47.7 Å². The van der Waals surface area contributed by atoms with Gasteiger partial charge in [-0.2, -0.15) is 8.42 Å². The van der Waals surface area contributed by atoms with Crippen molar-refractivity contribution < 1.29 is 40.2 Å². The van der Waals surface area contributed by atoms with Crippen molar-refractivity contribution in [3.05, 3.63) is 70.6 Å². The summed E-state index contributed by atoms with van der Waals surface area (Å²) in [5, 5.41) is 11.5. The Labute approximate surface area is 191 Å². The molecule has 0 radical (unpaired) electrons. The Morgan fingerprint density at radius 3 is 1.85 bits per heavy atom. The van der Waals surface area contributed by atoms with Gasteiger partial charge < -0.3 is 14.2 Å². The molecular weight excluding hydrogens is 478 g/mol. The number of rotatable bonds is 15. The van der Waals surface area contributed by atoms with Gasteiger partial charge in [-0.3, -0.25) is 14.3 Å². The molecule has 0 bridgehead atoms. The molecule has 0 amide bonds. The largest absolute Gasteiger partial charge is 0.491 e. The van der Waals surface area contributed by atoms with Crippen molar-refractivity contribution in [3.63, 3.8) is 0 Å². The van der Waals surface area contributed by atoms with E-state index in [4.69, 9.17) is 18.4 Å². The van der Waals surface area contributed by atoms with Gasteiger partial charge in [-0.25, -0.2) is 8.42 Å². The van der Waals surface area contributed by atoms with Crippen LogP contribution in [0, 0.1) is 10.1 Å². The quantitative estimate of drug-likeness (QED) is 0.154. The first-order valence-electron chi connectivity index (χ1n) is 9.55. The first-order chi connectivity index (χ1) is 15.7. The van der Waals surface area contributed by atoms with Gasteiger partial charge in [-0.1, -0.05) is 6.58 Å². The zero-order valence-electron chi connectivity index (χ0n) is 17.5. The van der Waals surface area contributed by atoms with Crippen molar-refractivity contribution in [3.8, 4) is 5.75 Å². The Morgan fingerprint density at radius 1 is 0.788 bits per heavy atom. The molecule has 0 saturated carbocycles. The normalized spacial score (nSPS) is 11.8. The van der Waals surface area contributed by atoms with E-state index in [9.17, 15) is 26.9 Å². The van der Waals surface area contributed by atoms with Gasteiger partial charge >= 0.3 is 0 Å². The topological polar surface area (TPSA) is 148 Å². The fraction of sp³-hybridized carbons (Fsp3) is 0.300. The monoisotopic (exact) mass is 501 g/mol. The van der Waals surface area contributed by atoms with Crippen molar-refractivity contribution in [2.45, 2.75) is 9.79 Å². The van der Waals surface area contributed by atoms with Gasteiger partial charge in [0.15, 0.2) is 9.84 Å². The summed E-state index contributed by atoms with van der Waals surface area (Å²) in [4.78, 5) is 9.91. The van der Waals surface area contributed by atoms with Crippen LogP contribution in [0.2, 0.25) is 0 Å². The third-order valence-electron chi connectivity index (χ3n) is 4.04. The Morgan fingerprint density at radius 2 is 1.30 bits per heavy atom. The summed E-state index contributed by atoms with van der Waals surface area (Å²) in [5.41, 5.74) is -0.223. The summed E-state index contributed by atoms with van der Waals surface area (Å²) in [6.07, 6.45) is 0. The molecule has 0 aliphatic heterocycles. The molecule has 0 saturated heterocycles. The van der Waals surface area contributed by atoms with Crippen molar-refractivity contribution in [2.24, 2.45) is 0 Å². The maximum atomic E-state index is 12.0. The smallest absolute Gasteiger partial charge is 0.297 e. The van der Waals surface area contributed by atoms with Gasteiger partial charge in [0.25, 0.3) is 15.8 Å². The average Bonchev–Trinajstić information content (AvgIpc) is 2.80. The summed E-state index contributed by atoms with van der Waals surface area (Å²) in [7, 11) is -7.51. The van der Waals surface area contributed by atoms with Gasteiger partial charge in [-0.05, 0) is 36.4 Å². The molecule has 0 aliphatic rings. The molecule has 0 unspecified atom stereocenters. The van der Waals surface area contributed by atoms with Gasteiger partial charge in [0, 0.05) is 17.5 Å². The van der Waals surface area contributed by atoms with Crippen molar-refractivity contribution in [2.75, 3.05) is 39.6 Å². The van der Waals surface area contributed by atoms with Crippen LogP contribution in [-0.4, -0.2) is 61.4 Å². The van der Waals surface area contributed by atoms with E-state index >= 15 is 0 Å². The minimum absolute atomic E-state index is 0.00599. The molecule has 11 nitrogen and oxygen atoms in total. The molecular formula is C20H23NO10S2. The molecule has 0 heterocycles. The third kappa shape index (κ3) is 8.55. The van der Waals surface area contributed by atoms with Crippen molar-refractivity contribution in [1.82, 2.24) is 0 Å². The highest BCUT2D eigenvalue weighted by molar-refractivity contribution is 7.94. The predicted molar refractivity (Wildman–Crippen MR) is 117 cm³/mol.